The summed E-state index contributed by atoms with van der Waals surface area (Å²) in [6, 6.07) is 8.20. The Morgan fingerprint density at radius 1 is 1.00 bits per heavy atom. The first-order chi connectivity index (χ1) is 9.52. The van der Waals surface area contributed by atoms with Crippen LogP contribution in [0.3, 0.4) is 0 Å². The molecule has 0 heterocycles. The maximum absolute atomic E-state index is 13.9. The highest BCUT2D eigenvalue weighted by Gasteiger charge is 2.16. The van der Waals surface area contributed by atoms with Crippen LogP contribution in [0, 0.1) is 17.5 Å². The van der Waals surface area contributed by atoms with E-state index < -0.39 is 24.1 Å². The van der Waals surface area contributed by atoms with E-state index in [9.17, 15) is 13.2 Å². The summed E-state index contributed by atoms with van der Waals surface area (Å²) in [6.07, 6.45) is 0. The second-order valence-electron chi connectivity index (χ2n) is 4.51. The molecule has 0 unspecified atom stereocenters. The number of aliphatic hydroxyl groups is 1. The molecular weight excluding hydrogens is 267 g/mol. The molecule has 0 atom stereocenters. The Morgan fingerprint density at radius 3 is 2.15 bits per heavy atom. The zero-order valence-corrected chi connectivity index (χ0v) is 10.9. The molecule has 0 amide bonds. The molecule has 1 N–H and O–H groups in total. The van der Waals surface area contributed by atoms with Gasteiger partial charge in [0.15, 0.2) is 0 Å². The van der Waals surface area contributed by atoms with Gasteiger partial charge in [-0.3, -0.25) is 0 Å². The molecule has 0 aliphatic carbocycles. The van der Waals surface area contributed by atoms with Crippen molar-refractivity contribution in [2.45, 2.75) is 13.2 Å². The summed E-state index contributed by atoms with van der Waals surface area (Å²) in [6.45, 7) is -0.399. The van der Waals surface area contributed by atoms with E-state index in [1.807, 2.05) is 0 Å². The Kier molecular flexibility index (Phi) is 4.29. The maximum atomic E-state index is 13.9. The fourth-order valence-corrected chi connectivity index (χ4v) is 2.04. The maximum Gasteiger partial charge on any atom is 0.149 e. The highest BCUT2D eigenvalue weighted by Crippen LogP contribution is 2.26. The molecule has 2 nitrogen and oxygen atoms in total. The number of aliphatic hydroxyl groups excluding tert-OH is 1. The van der Waals surface area contributed by atoms with Gasteiger partial charge in [-0.1, -0.05) is 18.2 Å². The van der Waals surface area contributed by atoms with Crippen LogP contribution in [0.4, 0.5) is 18.9 Å². The van der Waals surface area contributed by atoms with Crippen LogP contribution < -0.4 is 4.90 Å². The van der Waals surface area contributed by atoms with Gasteiger partial charge in [-0.2, -0.15) is 0 Å². The number of halogens is 3. The standard InChI is InChI=1S/C15H14F3NO/c1-19(8-11-4-2-3-5-12(11)16)15-13(17)6-10(9-20)7-14(15)18/h2-7,20H,8-9H2,1H3. The minimum atomic E-state index is -0.784. The molecule has 0 bridgehead atoms. The minimum Gasteiger partial charge on any atom is -0.392 e. The van der Waals surface area contributed by atoms with Gasteiger partial charge in [0, 0.05) is 19.2 Å². The molecule has 106 valence electrons. The molecule has 2 aromatic rings. The van der Waals surface area contributed by atoms with Gasteiger partial charge in [-0.25, -0.2) is 13.2 Å². The second-order valence-corrected chi connectivity index (χ2v) is 4.51. The Morgan fingerprint density at radius 2 is 1.60 bits per heavy atom. The van der Waals surface area contributed by atoms with E-state index in [4.69, 9.17) is 5.11 Å². The molecule has 0 saturated heterocycles. The fraction of sp³-hybridized carbons (Fsp3) is 0.200. The smallest absolute Gasteiger partial charge is 0.149 e. The highest BCUT2D eigenvalue weighted by atomic mass is 19.1. The molecule has 0 fully saturated rings. The van der Waals surface area contributed by atoms with Gasteiger partial charge in [-0.15, -0.1) is 0 Å². The summed E-state index contributed by atoms with van der Waals surface area (Å²) in [4.78, 5) is 1.30. The number of hydrogen-bond acceptors (Lipinski definition) is 2. The number of nitrogens with zero attached hydrogens (tertiary/aromatic N) is 1. The number of anilines is 1. The number of hydrogen-bond donors (Lipinski definition) is 1. The van der Waals surface area contributed by atoms with Crippen molar-refractivity contribution in [2.24, 2.45) is 0 Å². The lowest BCUT2D eigenvalue weighted by Gasteiger charge is -2.21. The molecule has 2 rings (SSSR count). The van der Waals surface area contributed by atoms with Crippen LogP contribution in [0.1, 0.15) is 11.1 Å². The van der Waals surface area contributed by atoms with Crippen molar-refractivity contribution >= 4 is 5.69 Å². The third-order valence-electron chi connectivity index (χ3n) is 3.01. The van der Waals surface area contributed by atoms with Crippen molar-refractivity contribution in [2.75, 3.05) is 11.9 Å². The van der Waals surface area contributed by atoms with Gasteiger partial charge in [0.05, 0.1) is 6.61 Å². The molecule has 0 aliphatic heterocycles. The molecular formula is C15H14F3NO. The van der Waals surface area contributed by atoms with E-state index >= 15 is 0 Å². The predicted octanol–water partition coefficient (Wildman–Crippen LogP) is 3.23. The molecule has 0 aromatic heterocycles. The first-order valence-corrected chi connectivity index (χ1v) is 6.06. The van der Waals surface area contributed by atoms with Crippen LogP contribution in [0.2, 0.25) is 0 Å². The normalized spacial score (nSPS) is 10.7. The predicted molar refractivity (Wildman–Crippen MR) is 70.8 cm³/mol. The summed E-state index contributed by atoms with van der Waals surface area (Å²) in [7, 11) is 1.48. The van der Waals surface area contributed by atoms with Crippen LogP contribution in [0.15, 0.2) is 36.4 Å². The van der Waals surface area contributed by atoms with Gasteiger partial charge < -0.3 is 10.0 Å². The highest BCUT2D eigenvalue weighted by molar-refractivity contribution is 5.50. The van der Waals surface area contributed by atoms with Crippen LogP contribution in [-0.2, 0) is 13.2 Å². The Bertz CT molecular complexity index is 593. The van der Waals surface area contributed by atoms with E-state index in [-0.39, 0.29) is 17.8 Å². The summed E-state index contributed by atoms with van der Waals surface area (Å²) in [5.74, 6) is -1.99. The molecule has 0 aliphatic rings. The Labute approximate surface area is 115 Å². The first-order valence-electron chi connectivity index (χ1n) is 6.06. The Balaban J connectivity index is 2.30. The quantitative estimate of drug-likeness (QED) is 0.930. The second kappa shape index (κ2) is 5.96. The third kappa shape index (κ3) is 2.93. The molecule has 0 saturated carbocycles. The van der Waals surface area contributed by atoms with Crippen LogP contribution in [0.5, 0.6) is 0 Å². The summed E-state index contributed by atoms with van der Waals surface area (Å²) < 4.78 is 41.3. The third-order valence-corrected chi connectivity index (χ3v) is 3.01. The Hall–Kier alpha value is -2.01. The number of benzene rings is 2. The number of rotatable bonds is 4. The fourth-order valence-electron chi connectivity index (χ4n) is 2.04. The van der Waals surface area contributed by atoms with E-state index in [0.717, 1.165) is 12.1 Å². The lowest BCUT2D eigenvalue weighted by Crippen LogP contribution is -2.20. The largest absolute Gasteiger partial charge is 0.392 e. The van der Waals surface area contributed by atoms with Crippen molar-refractivity contribution in [1.29, 1.82) is 0 Å². The van der Waals surface area contributed by atoms with Gasteiger partial charge in [-0.05, 0) is 23.8 Å². The summed E-state index contributed by atoms with van der Waals surface area (Å²) in [5.41, 5.74) is 0.258. The van der Waals surface area contributed by atoms with Crippen molar-refractivity contribution in [3.8, 4) is 0 Å². The minimum absolute atomic E-state index is 0.0407. The molecule has 2 aromatic carbocycles. The monoisotopic (exact) mass is 281 g/mol. The van der Waals surface area contributed by atoms with Gasteiger partial charge in [0.1, 0.15) is 23.1 Å². The average Bonchev–Trinajstić information content (AvgIpc) is 2.40. The average molecular weight is 281 g/mol. The summed E-state index contributed by atoms with van der Waals surface area (Å²) in [5, 5.41) is 8.89. The van der Waals surface area contributed by atoms with Crippen LogP contribution in [0.25, 0.3) is 0 Å². The zero-order chi connectivity index (χ0) is 14.7. The summed E-state index contributed by atoms with van der Waals surface area (Å²) >= 11 is 0. The van der Waals surface area contributed by atoms with Crippen molar-refractivity contribution < 1.29 is 18.3 Å². The van der Waals surface area contributed by atoms with Gasteiger partial charge >= 0.3 is 0 Å². The van der Waals surface area contributed by atoms with Gasteiger partial charge in [0.2, 0.25) is 0 Å². The molecule has 0 radical (unpaired) electrons. The van der Waals surface area contributed by atoms with E-state index in [2.05, 4.69) is 0 Å². The van der Waals surface area contributed by atoms with E-state index in [1.165, 1.54) is 18.0 Å². The zero-order valence-electron chi connectivity index (χ0n) is 10.9. The van der Waals surface area contributed by atoms with Crippen LogP contribution >= 0.6 is 0 Å². The lowest BCUT2D eigenvalue weighted by molar-refractivity contribution is 0.280. The first kappa shape index (κ1) is 14.4. The lowest BCUT2D eigenvalue weighted by atomic mass is 10.1. The van der Waals surface area contributed by atoms with Crippen molar-refractivity contribution in [3.05, 3.63) is 65.0 Å². The van der Waals surface area contributed by atoms with Crippen molar-refractivity contribution in [1.82, 2.24) is 0 Å². The van der Waals surface area contributed by atoms with Gasteiger partial charge in [0.25, 0.3) is 0 Å². The molecule has 20 heavy (non-hydrogen) atoms. The van der Waals surface area contributed by atoms with E-state index in [1.54, 1.807) is 18.2 Å². The van der Waals surface area contributed by atoms with Crippen molar-refractivity contribution in [3.63, 3.8) is 0 Å². The topological polar surface area (TPSA) is 23.5 Å². The SMILES string of the molecule is CN(Cc1ccccc1F)c1c(F)cc(CO)cc1F. The van der Waals surface area contributed by atoms with Crippen LogP contribution in [-0.4, -0.2) is 12.2 Å². The molecule has 5 heteroatoms. The van der Waals surface area contributed by atoms with E-state index in [0.29, 0.717) is 5.56 Å². The molecule has 0 spiro atoms.